The van der Waals surface area contributed by atoms with E-state index in [-0.39, 0.29) is 0 Å². The highest BCUT2D eigenvalue weighted by Crippen LogP contribution is 2.25. The predicted molar refractivity (Wildman–Crippen MR) is 102 cm³/mol. The van der Waals surface area contributed by atoms with Crippen molar-refractivity contribution in [2.45, 2.75) is 26.8 Å². The minimum Gasteiger partial charge on any atom is -0.352 e. The molecule has 0 saturated carbocycles. The first-order chi connectivity index (χ1) is 12.2. The summed E-state index contributed by atoms with van der Waals surface area (Å²) in [5, 5.41) is 0. The zero-order valence-electron chi connectivity index (χ0n) is 15.3. The number of fused-ring (bicyclic) bond motifs is 1. The molecule has 3 heterocycles. The molecule has 5 nitrogen and oxygen atoms in total. The first-order valence-electron chi connectivity index (χ1n) is 9.37. The SMILES string of the molecule is CCN1CCN(c2nc(C)cc(N3CCc4ccccc4C3)n2)CC1. The van der Waals surface area contributed by atoms with Crippen LogP contribution in [-0.4, -0.2) is 54.1 Å². The van der Waals surface area contributed by atoms with Crippen molar-refractivity contribution in [1.29, 1.82) is 0 Å². The molecule has 25 heavy (non-hydrogen) atoms. The molecule has 1 aromatic carbocycles. The van der Waals surface area contributed by atoms with E-state index in [9.17, 15) is 0 Å². The van der Waals surface area contributed by atoms with Crippen molar-refractivity contribution in [2.75, 3.05) is 49.1 Å². The predicted octanol–water partition coefficient (Wildman–Crippen LogP) is 2.49. The highest BCUT2D eigenvalue weighted by molar-refractivity contribution is 5.49. The van der Waals surface area contributed by atoms with Gasteiger partial charge in [-0.1, -0.05) is 31.2 Å². The van der Waals surface area contributed by atoms with Crippen LogP contribution in [0.25, 0.3) is 0 Å². The van der Waals surface area contributed by atoms with Crippen LogP contribution >= 0.6 is 0 Å². The molecule has 5 heteroatoms. The summed E-state index contributed by atoms with van der Waals surface area (Å²) in [6, 6.07) is 10.9. The number of hydrogen-bond acceptors (Lipinski definition) is 5. The molecule has 0 spiro atoms. The van der Waals surface area contributed by atoms with Crippen LogP contribution in [0.2, 0.25) is 0 Å². The van der Waals surface area contributed by atoms with E-state index in [4.69, 9.17) is 9.97 Å². The molecule has 2 aliphatic rings. The molecule has 0 unspecified atom stereocenters. The van der Waals surface area contributed by atoms with Crippen LogP contribution in [0.5, 0.6) is 0 Å². The number of piperazine rings is 1. The molecule has 0 bridgehead atoms. The summed E-state index contributed by atoms with van der Waals surface area (Å²) in [6.45, 7) is 11.6. The Bertz CT molecular complexity index is 737. The van der Waals surface area contributed by atoms with Crippen LogP contribution in [0.15, 0.2) is 30.3 Å². The van der Waals surface area contributed by atoms with E-state index in [1.807, 2.05) is 0 Å². The molecular formula is C20H27N5. The van der Waals surface area contributed by atoms with E-state index in [1.54, 1.807) is 0 Å². The number of aryl methyl sites for hydroxylation is 1. The van der Waals surface area contributed by atoms with Crippen LogP contribution in [-0.2, 0) is 13.0 Å². The Morgan fingerprint density at radius 2 is 1.68 bits per heavy atom. The van der Waals surface area contributed by atoms with Gasteiger partial charge in [-0.25, -0.2) is 4.98 Å². The van der Waals surface area contributed by atoms with Crippen LogP contribution in [0, 0.1) is 6.92 Å². The summed E-state index contributed by atoms with van der Waals surface area (Å²) >= 11 is 0. The molecule has 0 atom stereocenters. The minimum atomic E-state index is 0.893. The van der Waals surface area contributed by atoms with Gasteiger partial charge in [-0.05, 0) is 31.0 Å². The lowest BCUT2D eigenvalue weighted by Crippen LogP contribution is -2.47. The number of likely N-dealkylation sites (N-methyl/N-ethyl adjacent to an activating group) is 1. The standard InChI is InChI=1S/C20H27N5/c1-3-23-10-12-24(13-11-23)20-21-16(2)14-19(22-20)25-9-8-17-6-4-5-7-18(17)15-25/h4-7,14H,3,8-13,15H2,1-2H3. The second-order valence-corrected chi connectivity index (χ2v) is 7.03. The van der Waals surface area contributed by atoms with Crippen LogP contribution in [0.4, 0.5) is 11.8 Å². The number of anilines is 2. The van der Waals surface area contributed by atoms with E-state index in [1.165, 1.54) is 11.1 Å². The number of rotatable bonds is 3. The topological polar surface area (TPSA) is 35.5 Å². The second kappa shape index (κ2) is 7.00. The van der Waals surface area contributed by atoms with Gasteiger partial charge in [-0.15, -0.1) is 0 Å². The lowest BCUT2D eigenvalue weighted by atomic mass is 10.00. The maximum absolute atomic E-state index is 4.93. The average Bonchev–Trinajstić information content (AvgIpc) is 2.67. The number of hydrogen-bond donors (Lipinski definition) is 0. The van der Waals surface area contributed by atoms with Crippen molar-refractivity contribution in [3.63, 3.8) is 0 Å². The second-order valence-electron chi connectivity index (χ2n) is 7.03. The average molecular weight is 337 g/mol. The van der Waals surface area contributed by atoms with E-state index in [0.29, 0.717) is 0 Å². The molecule has 0 aliphatic carbocycles. The maximum Gasteiger partial charge on any atom is 0.227 e. The number of benzene rings is 1. The molecule has 1 saturated heterocycles. The van der Waals surface area contributed by atoms with Crippen molar-refractivity contribution < 1.29 is 0 Å². The lowest BCUT2D eigenvalue weighted by Gasteiger charge is -2.35. The molecule has 2 aromatic rings. The highest BCUT2D eigenvalue weighted by Gasteiger charge is 2.21. The lowest BCUT2D eigenvalue weighted by molar-refractivity contribution is 0.270. The largest absolute Gasteiger partial charge is 0.352 e. The van der Waals surface area contributed by atoms with Crippen LogP contribution < -0.4 is 9.80 Å². The summed E-state index contributed by atoms with van der Waals surface area (Å²) in [5.41, 5.74) is 3.94. The van der Waals surface area contributed by atoms with Gasteiger partial charge in [-0.2, -0.15) is 4.98 Å². The quantitative estimate of drug-likeness (QED) is 0.860. The summed E-state index contributed by atoms with van der Waals surface area (Å²) < 4.78 is 0. The first kappa shape index (κ1) is 16.3. The molecular weight excluding hydrogens is 310 g/mol. The van der Waals surface area contributed by atoms with Gasteiger partial charge >= 0.3 is 0 Å². The third-order valence-corrected chi connectivity index (χ3v) is 5.39. The fourth-order valence-corrected chi connectivity index (χ4v) is 3.80. The van der Waals surface area contributed by atoms with Crippen molar-refractivity contribution in [2.24, 2.45) is 0 Å². The van der Waals surface area contributed by atoms with Gasteiger partial charge in [0.05, 0.1) is 0 Å². The molecule has 132 valence electrons. The van der Waals surface area contributed by atoms with E-state index in [2.05, 4.69) is 58.9 Å². The molecule has 2 aliphatic heterocycles. The van der Waals surface area contributed by atoms with Crippen LogP contribution in [0.3, 0.4) is 0 Å². The van der Waals surface area contributed by atoms with Gasteiger partial charge in [0.1, 0.15) is 5.82 Å². The van der Waals surface area contributed by atoms with Crippen molar-refractivity contribution >= 4 is 11.8 Å². The fraction of sp³-hybridized carbons (Fsp3) is 0.500. The Morgan fingerprint density at radius 3 is 2.44 bits per heavy atom. The van der Waals surface area contributed by atoms with Gasteiger partial charge in [0.25, 0.3) is 0 Å². The van der Waals surface area contributed by atoms with Crippen molar-refractivity contribution in [3.8, 4) is 0 Å². The Balaban J connectivity index is 1.54. The summed E-state index contributed by atoms with van der Waals surface area (Å²) in [5.74, 6) is 1.96. The smallest absolute Gasteiger partial charge is 0.227 e. The third kappa shape index (κ3) is 3.47. The van der Waals surface area contributed by atoms with Gasteiger partial charge in [0.2, 0.25) is 5.95 Å². The Hall–Kier alpha value is -2.14. The van der Waals surface area contributed by atoms with E-state index >= 15 is 0 Å². The molecule has 0 amide bonds. The molecule has 1 aromatic heterocycles. The van der Waals surface area contributed by atoms with Crippen molar-refractivity contribution in [3.05, 3.63) is 47.2 Å². The highest BCUT2D eigenvalue weighted by atomic mass is 15.3. The summed E-state index contributed by atoms with van der Waals surface area (Å²) in [4.78, 5) is 16.9. The minimum absolute atomic E-state index is 0.893. The molecule has 1 fully saturated rings. The van der Waals surface area contributed by atoms with Crippen LogP contribution in [0.1, 0.15) is 23.7 Å². The number of aromatic nitrogens is 2. The monoisotopic (exact) mass is 337 g/mol. The van der Waals surface area contributed by atoms with Gasteiger partial charge in [-0.3, -0.25) is 0 Å². The molecule has 4 rings (SSSR count). The summed E-state index contributed by atoms with van der Waals surface area (Å²) in [6.07, 6.45) is 1.09. The van der Waals surface area contributed by atoms with E-state index in [0.717, 1.165) is 69.7 Å². The van der Waals surface area contributed by atoms with Gasteiger partial charge in [0.15, 0.2) is 0 Å². The third-order valence-electron chi connectivity index (χ3n) is 5.39. The molecule has 0 N–H and O–H groups in total. The van der Waals surface area contributed by atoms with Crippen molar-refractivity contribution in [1.82, 2.24) is 14.9 Å². The Labute approximate surface area is 150 Å². The fourth-order valence-electron chi connectivity index (χ4n) is 3.80. The Kier molecular flexibility index (Phi) is 4.57. The summed E-state index contributed by atoms with van der Waals surface area (Å²) in [7, 11) is 0. The zero-order chi connectivity index (χ0) is 17.2. The zero-order valence-corrected chi connectivity index (χ0v) is 15.3. The number of nitrogens with zero attached hydrogens (tertiary/aromatic N) is 5. The normalized spacial score (nSPS) is 18.3. The maximum atomic E-state index is 4.93. The molecule has 0 radical (unpaired) electrons. The van der Waals surface area contributed by atoms with Gasteiger partial charge in [0, 0.05) is 51.0 Å². The van der Waals surface area contributed by atoms with E-state index < -0.39 is 0 Å². The van der Waals surface area contributed by atoms with Gasteiger partial charge < -0.3 is 14.7 Å². The first-order valence-corrected chi connectivity index (χ1v) is 9.37. The Morgan fingerprint density at radius 1 is 0.920 bits per heavy atom.